The Labute approximate surface area is 324 Å². The van der Waals surface area contributed by atoms with Crippen LogP contribution in [-0.2, 0) is 0 Å². The Balaban J connectivity index is 1.19. The van der Waals surface area contributed by atoms with Crippen LogP contribution in [0.2, 0.25) is 0 Å². The van der Waals surface area contributed by atoms with Crippen molar-refractivity contribution in [1.29, 1.82) is 0 Å². The first kappa shape index (κ1) is 32.7. The van der Waals surface area contributed by atoms with Crippen LogP contribution in [0.15, 0.2) is 206 Å². The lowest BCUT2D eigenvalue weighted by Gasteiger charge is -2.15. The summed E-state index contributed by atoms with van der Waals surface area (Å²) in [5.74, 6) is 0.692. The third kappa shape index (κ3) is 6.52. The molecule has 258 valence electrons. The van der Waals surface area contributed by atoms with Crippen LogP contribution < -0.4 is 0 Å². The predicted molar refractivity (Wildman–Crippen MR) is 233 cm³/mol. The van der Waals surface area contributed by atoms with Crippen LogP contribution in [0, 0.1) is 0 Å². The monoisotopic (exact) mass is 718 g/mol. The molecule has 0 saturated carbocycles. The van der Waals surface area contributed by atoms with Gasteiger partial charge in [-0.25, -0.2) is 9.97 Å². The Bertz CT molecular complexity index is 2900. The van der Waals surface area contributed by atoms with Crippen LogP contribution in [0.5, 0.6) is 0 Å². The van der Waals surface area contributed by atoms with E-state index >= 15 is 0 Å². The Hall–Kier alpha value is -6.94. The van der Waals surface area contributed by atoms with Crippen molar-refractivity contribution in [3.8, 4) is 78.4 Å². The quantitative estimate of drug-likeness (QED) is 0.164. The van der Waals surface area contributed by atoms with Crippen molar-refractivity contribution < 1.29 is 0 Å². The average Bonchev–Trinajstić information content (AvgIpc) is 3.65. The molecular weight excluding hydrogens is 685 g/mol. The van der Waals surface area contributed by atoms with Crippen molar-refractivity contribution in [2.75, 3.05) is 0 Å². The van der Waals surface area contributed by atoms with E-state index in [9.17, 15) is 0 Å². The molecule has 0 N–H and O–H groups in total. The number of rotatable bonds is 7. The maximum absolute atomic E-state index is 5.30. The minimum absolute atomic E-state index is 0.692. The minimum atomic E-state index is 0.692. The second-order valence-electron chi connectivity index (χ2n) is 13.8. The van der Waals surface area contributed by atoms with Gasteiger partial charge in [-0.3, -0.25) is 0 Å². The van der Waals surface area contributed by atoms with E-state index in [4.69, 9.17) is 9.97 Å². The van der Waals surface area contributed by atoms with Crippen molar-refractivity contribution in [3.63, 3.8) is 0 Å². The summed E-state index contributed by atoms with van der Waals surface area (Å²) in [6, 6.07) is 73.5. The summed E-state index contributed by atoms with van der Waals surface area (Å²) in [5, 5.41) is 2.60. The van der Waals surface area contributed by atoms with Crippen LogP contribution in [0.1, 0.15) is 0 Å². The second kappa shape index (κ2) is 14.1. The maximum atomic E-state index is 5.30. The lowest BCUT2D eigenvalue weighted by Crippen LogP contribution is -1.97. The molecule has 0 bridgehead atoms. The third-order valence-electron chi connectivity index (χ3n) is 10.2. The zero-order valence-corrected chi connectivity index (χ0v) is 30.7. The van der Waals surface area contributed by atoms with Gasteiger partial charge in [0, 0.05) is 36.9 Å². The molecule has 0 radical (unpaired) electrons. The highest BCUT2D eigenvalue weighted by molar-refractivity contribution is 7.25. The molecule has 10 aromatic rings. The highest BCUT2D eigenvalue weighted by Crippen LogP contribution is 2.40. The van der Waals surface area contributed by atoms with Crippen LogP contribution in [0.3, 0.4) is 0 Å². The molecule has 0 aliphatic heterocycles. The van der Waals surface area contributed by atoms with Gasteiger partial charge in [0.05, 0.1) is 11.4 Å². The zero-order valence-electron chi connectivity index (χ0n) is 29.9. The van der Waals surface area contributed by atoms with Gasteiger partial charge in [0.2, 0.25) is 0 Å². The summed E-state index contributed by atoms with van der Waals surface area (Å²) in [7, 11) is 0. The summed E-state index contributed by atoms with van der Waals surface area (Å²) in [6.45, 7) is 0. The number of aromatic nitrogens is 2. The fourth-order valence-electron chi connectivity index (χ4n) is 7.47. The van der Waals surface area contributed by atoms with Gasteiger partial charge in [-0.05, 0) is 99.1 Å². The molecule has 0 aliphatic rings. The molecule has 0 spiro atoms. The fourth-order valence-corrected chi connectivity index (χ4v) is 8.62. The number of thiophene rings is 1. The molecule has 0 unspecified atom stereocenters. The number of benzene rings is 8. The molecule has 8 aromatic carbocycles. The number of hydrogen-bond acceptors (Lipinski definition) is 3. The van der Waals surface area contributed by atoms with E-state index in [1.165, 1.54) is 25.7 Å². The second-order valence-corrected chi connectivity index (χ2v) is 14.9. The Morgan fingerprint density at radius 1 is 0.255 bits per heavy atom. The molecule has 0 saturated heterocycles. The Morgan fingerprint density at radius 2 is 0.655 bits per heavy atom. The highest BCUT2D eigenvalue weighted by atomic mass is 32.1. The Morgan fingerprint density at radius 3 is 1.16 bits per heavy atom. The number of nitrogens with zero attached hydrogens (tertiary/aromatic N) is 2. The van der Waals surface area contributed by atoms with Crippen molar-refractivity contribution >= 4 is 31.5 Å². The van der Waals surface area contributed by atoms with Gasteiger partial charge in [-0.1, -0.05) is 152 Å². The summed E-state index contributed by atoms with van der Waals surface area (Å²) in [4.78, 5) is 10.6. The number of hydrogen-bond donors (Lipinski definition) is 0. The minimum Gasteiger partial charge on any atom is -0.228 e. The first-order valence-corrected chi connectivity index (χ1v) is 19.4. The predicted octanol–water partition coefficient (Wildman–Crippen LogP) is 14.5. The molecule has 2 heterocycles. The molecule has 0 aliphatic carbocycles. The summed E-state index contributed by atoms with van der Waals surface area (Å²) >= 11 is 1.85. The standard InChI is InChI=1S/C52H34N2S/c1-5-15-35(16-6-1)40-27-41(36-17-7-2-8-18-36)30-44(29-40)48-34-49(54-52(53-48)38-21-11-4-12-22-38)45-31-42(37-19-9-3-10-20-37)28-43(32-45)39-25-26-47-46-23-13-14-24-50(46)55-51(47)33-39/h1-34H. The van der Waals surface area contributed by atoms with Crippen molar-refractivity contribution in [2.24, 2.45) is 0 Å². The van der Waals surface area contributed by atoms with Crippen LogP contribution >= 0.6 is 11.3 Å². The normalized spacial score (nSPS) is 11.3. The first-order chi connectivity index (χ1) is 27.2. The van der Waals surface area contributed by atoms with E-state index < -0.39 is 0 Å². The van der Waals surface area contributed by atoms with Crippen molar-refractivity contribution in [1.82, 2.24) is 9.97 Å². The Kier molecular flexibility index (Phi) is 8.40. The van der Waals surface area contributed by atoms with E-state index in [-0.39, 0.29) is 0 Å². The average molecular weight is 719 g/mol. The van der Waals surface area contributed by atoms with Gasteiger partial charge < -0.3 is 0 Å². The fraction of sp³-hybridized carbons (Fsp3) is 0. The van der Waals surface area contributed by atoms with E-state index in [2.05, 4.69) is 188 Å². The largest absolute Gasteiger partial charge is 0.228 e. The van der Waals surface area contributed by atoms with Gasteiger partial charge in [-0.15, -0.1) is 11.3 Å². The molecule has 2 nitrogen and oxygen atoms in total. The van der Waals surface area contributed by atoms with Gasteiger partial charge in [0.15, 0.2) is 5.82 Å². The summed E-state index contributed by atoms with van der Waals surface area (Å²) < 4.78 is 2.59. The topological polar surface area (TPSA) is 25.8 Å². The van der Waals surface area contributed by atoms with E-state index in [0.29, 0.717) is 5.82 Å². The van der Waals surface area contributed by atoms with E-state index in [1.807, 2.05) is 29.5 Å². The molecule has 10 rings (SSSR count). The summed E-state index contributed by atoms with van der Waals surface area (Å²) in [5.41, 5.74) is 14.0. The molecule has 0 atom stereocenters. The third-order valence-corrected chi connectivity index (χ3v) is 11.4. The zero-order chi connectivity index (χ0) is 36.6. The lowest BCUT2D eigenvalue weighted by molar-refractivity contribution is 1.18. The van der Waals surface area contributed by atoms with Crippen LogP contribution in [-0.4, -0.2) is 9.97 Å². The van der Waals surface area contributed by atoms with Gasteiger partial charge in [0.1, 0.15) is 0 Å². The van der Waals surface area contributed by atoms with E-state index in [1.54, 1.807) is 0 Å². The molecule has 0 amide bonds. The molecule has 0 fully saturated rings. The maximum Gasteiger partial charge on any atom is 0.160 e. The lowest BCUT2D eigenvalue weighted by atomic mass is 9.93. The van der Waals surface area contributed by atoms with Crippen LogP contribution in [0.4, 0.5) is 0 Å². The van der Waals surface area contributed by atoms with Crippen LogP contribution in [0.25, 0.3) is 98.6 Å². The summed E-state index contributed by atoms with van der Waals surface area (Å²) in [6.07, 6.45) is 0. The van der Waals surface area contributed by atoms with Crippen molar-refractivity contribution in [3.05, 3.63) is 206 Å². The van der Waals surface area contributed by atoms with Gasteiger partial charge in [0.25, 0.3) is 0 Å². The first-order valence-electron chi connectivity index (χ1n) is 18.6. The smallest absolute Gasteiger partial charge is 0.160 e. The molecule has 55 heavy (non-hydrogen) atoms. The highest BCUT2D eigenvalue weighted by Gasteiger charge is 2.16. The molecule has 3 heteroatoms. The van der Waals surface area contributed by atoms with Gasteiger partial charge >= 0.3 is 0 Å². The molecular formula is C52H34N2S. The SMILES string of the molecule is c1ccc(-c2cc(-c3ccccc3)cc(-c3cc(-c4cc(-c5ccccc5)cc(-c5ccc6c(c5)sc5ccccc56)c4)nc(-c4ccccc4)n3)c2)cc1. The number of fused-ring (bicyclic) bond motifs is 3. The van der Waals surface area contributed by atoms with Gasteiger partial charge in [-0.2, -0.15) is 0 Å². The van der Waals surface area contributed by atoms with E-state index in [0.717, 1.165) is 67.0 Å². The molecule has 2 aromatic heterocycles. The van der Waals surface area contributed by atoms with Crippen molar-refractivity contribution in [2.45, 2.75) is 0 Å².